The highest BCUT2D eigenvalue weighted by Crippen LogP contribution is 2.28. The van der Waals surface area contributed by atoms with Gasteiger partial charge < -0.3 is 19.6 Å². The zero-order valence-corrected chi connectivity index (χ0v) is 14.6. The number of hydrogen-bond acceptors (Lipinski definition) is 5. The van der Waals surface area contributed by atoms with Crippen LogP contribution >= 0.6 is 0 Å². The monoisotopic (exact) mass is 347 g/mol. The summed E-state index contributed by atoms with van der Waals surface area (Å²) in [6, 6.07) is 7.40. The van der Waals surface area contributed by atoms with Gasteiger partial charge in [-0.2, -0.15) is 0 Å². The first-order valence-corrected chi connectivity index (χ1v) is 8.70. The smallest absolute Gasteiger partial charge is 0.246 e. The number of amides is 2. The van der Waals surface area contributed by atoms with Crippen LogP contribution < -0.4 is 9.64 Å². The third kappa shape index (κ3) is 4.11. The first-order chi connectivity index (χ1) is 12.1. The van der Waals surface area contributed by atoms with Gasteiger partial charge in [0.2, 0.25) is 11.8 Å². The van der Waals surface area contributed by atoms with E-state index in [2.05, 4.69) is 0 Å². The van der Waals surface area contributed by atoms with E-state index in [1.807, 2.05) is 29.2 Å². The van der Waals surface area contributed by atoms with Gasteiger partial charge in [0, 0.05) is 19.6 Å². The fourth-order valence-electron chi connectivity index (χ4n) is 3.46. The van der Waals surface area contributed by atoms with Crippen LogP contribution in [0.1, 0.15) is 12.8 Å². The summed E-state index contributed by atoms with van der Waals surface area (Å²) in [7, 11) is 1.58. The van der Waals surface area contributed by atoms with Crippen molar-refractivity contribution in [2.24, 2.45) is 0 Å². The van der Waals surface area contributed by atoms with Gasteiger partial charge in [0.05, 0.1) is 25.4 Å². The summed E-state index contributed by atoms with van der Waals surface area (Å²) in [5, 5.41) is 9.72. The Morgan fingerprint density at radius 1 is 1.28 bits per heavy atom. The molecule has 2 saturated heterocycles. The molecule has 1 aromatic rings. The van der Waals surface area contributed by atoms with Gasteiger partial charge in [0.25, 0.3) is 0 Å². The lowest BCUT2D eigenvalue weighted by atomic mass is 10.1. The molecule has 3 rings (SSSR count). The number of piperidine rings is 1. The Hall–Kier alpha value is -2.12. The summed E-state index contributed by atoms with van der Waals surface area (Å²) in [6.07, 6.45) is 1.33. The van der Waals surface area contributed by atoms with Gasteiger partial charge in [-0.05, 0) is 31.5 Å². The van der Waals surface area contributed by atoms with Crippen LogP contribution in [-0.4, -0.2) is 79.2 Å². The van der Waals surface area contributed by atoms with Crippen LogP contribution in [0.15, 0.2) is 24.3 Å². The molecular formula is C18H25N3O4. The predicted octanol–water partition coefficient (Wildman–Crippen LogP) is 0.327. The van der Waals surface area contributed by atoms with Crippen molar-refractivity contribution in [3.8, 4) is 5.75 Å². The van der Waals surface area contributed by atoms with Crippen molar-refractivity contribution in [2.75, 3.05) is 51.3 Å². The van der Waals surface area contributed by atoms with Crippen molar-refractivity contribution >= 4 is 17.5 Å². The van der Waals surface area contributed by atoms with Gasteiger partial charge in [0.15, 0.2) is 0 Å². The second-order valence-corrected chi connectivity index (χ2v) is 6.56. The maximum Gasteiger partial charge on any atom is 0.246 e. The molecule has 2 heterocycles. The molecule has 0 spiro atoms. The number of carbonyl (C=O) groups excluding carboxylic acids is 2. The lowest BCUT2D eigenvalue weighted by Gasteiger charge is -2.36. The van der Waals surface area contributed by atoms with Crippen LogP contribution in [0.5, 0.6) is 5.75 Å². The zero-order chi connectivity index (χ0) is 17.8. The normalized spacial score (nSPS) is 22.2. The highest BCUT2D eigenvalue weighted by Gasteiger charge is 2.30. The molecule has 0 aromatic heterocycles. The van der Waals surface area contributed by atoms with Crippen LogP contribution in [0.3, 0.4) is 0 Å². The summed E-state index contributed by atoms with van der Waals surface area (Å²) < 4.78 is 5.33. The molecule has 0 saturated carbocycles. The number of β-amino-alcohol motifs (C(OH)–C–C–N with tert-alkyl or cyclic N) is 1. The van der Waals surface area contributed by atoms with Crippen LogP contribution in [0.4, 0.5) is 5.69 Å². The van der Waals surface area contributed by atoms with E-state index in [-0.39, 0.29) is 31.0 Å². The molecule has 1 N–H and O–H groups in total. The number of piperazine rings is 1. The largest absolute Gasteiger partial charge is 0.495 e. The number of anilines is 1. The number of nitrogens with zero attached hydrogens (tertiary/aromatic N) is 3. The first-order valence-electron chi connectivity index (χ1n) is 8.70. The molecule has 0 aliphatic carbocycles. The molecule has 0 unspecified atom stereocenters. The van der Waals surface area contributed by atoms with E-state index in [0.717, 1.165) is 25.1 Å². The first kappa shape index (κ1) is 17.7. The highest BCUT2D eigenvalue weighted by atomic mass is 16.5. The molecule has 0 radical (unpaired) electrons. The molecule has 25 heavy (non-hydrogen) atoms. The molecule has 0 bridgehead atoms. The van der Waals surface area contributed by atoms with Crippen molar-refractivity contribution in [1.29, 1.82) is 0 Å². The van der Waals surface area contributed by atoms with E-state index in [0.29, 0.717) is 25.4 Å². The molecule has 2 amide bonds. The Bertz CT molecular complexity index is 637. The third-order valence-electron chi connectivity index (χ3n) is 4.79. The van der Waals surface area contributed by atoms with Gasteiger partial charge in [-0.3, -0.25) is 14.5 Å². The van der Waals surface area contributed by atoms with E-state index in [1.54, 1.807) is 16.9 Å². The van der Waals surface area contributed by atoms with Gasteiger partial charge in [-0.25, -0.2) is 0 Å². The SMILES string of the molecule is COc1ccccc1N1CCN(C(=O)CN2CCC[C@@H](O)C2)CC1=O. The van der Waals surface area contributed by atoms with Crippen LogP contribution in [0.2, 0.25) is 0 Å². The average molecular weight is 347 g/mol. The van der Waals surface area contributed by atoms with E-state index in [4.69, 9.17) is 4.74 Å². The number of aliphatic hydroxyl groups excluding tert-OH is 1. The molecule has 1 atom stereocenters. The molecule has 2 fully saturated rings. The van der Waals surface area contributed by atoms with Crippen molar-refractivity contribution in [2.45, 2.75) is 18.9 Å². The summed E-state index contributed by atoms with van der Waals surface area (Å²) >= 11 is 0. The number of carbonyl (C=O) groups is 2. The van der Waals surface area contributed by atoms with E-state index in [9.17, 15) is 14.7 Å². The molecule has 7 nitrogen and oxygen atoms in total. The molecule has 1 aromatic carbocycles. The molecular weight excluding hydrogens is 322 g/mol. The number of hydrogen-bond donors (Lipinski definition) is 1. The highest BCUT2D eigenvalue weighted by molar-refractivity contribution is 5.99. The number of rotatable bonds is 4. The molecule has 2 aliphatic heterocycles. The lowest BCUT2D eigenvalue weighted by Crippen LogP contribution is -2.55. The maximum atomic E-state index is 12.5. The number of para-hydroxylation sites is 2. The Labute approximate surface area is 147 Å². The zero-order valence-electron chi connectivity index (χ0n) is 14.6. The predicted molar refractivity (Wildman–Crippen MR) is 93.6 cm³/mol. The van der Waals surface area contributed by atoms with Gasteiger partial charge >= 0.3 is 0 Å². The van der Waals surface area contributed by atoms with Crippen molar-refractivity contribution < 1.29 is 19.4 Å². The maximum absolute atomic E-state index is 12.5. The van der Waals surface area contributed by atoms with Gasteiger partial charge in [0.1, 0.15) is 12.3 Å². The van der Waals surface area contributed by atoms with E-state index >= 15 is 0 Å². The topological polar surface area (TPSA) is 73.3 Å². The third-order valence-corrected chi connectivity index (χ3v) is 4.79. The van der Waals surface area contributed by atoms with E-state index < -0.39 is 0 Å². The average Bonchev–Trinajstić information content (AvgIpc) is 2.61. The standard InChI is InChI=1S/C18H25N3O4/c1-25-16-7-3-2-6-15(16)21-10-9-20(13-18(21)24)17(23)12-19-8-4-5-14(22)11-19/h2-3,6-7,14,22H,4-5,8-13H2,1H3/t14-/m1/s1. The Kier molecular flexibility index (Phi) is 5.55. The van der Waals surface area contributed by atoms with E-state index in [1.165, 1.54) is 0 Å². The Balaban J connectivity index is 1.59. The van der Waals surface area contributed by atoms with Crippen molar-refractivity contribution in [3.05, 3.63) is 24.3 Å². The van der Waals surface area contributed by atoms with Crippen molar-refractivity contribution in [3.63, 3.8) is 0 Å². The number of benzene rings is 1. The second-order valence-electron chi connectivity index (χ2n) is 6.56. The number of likely N-dealkylation sites (tertiary alicyclic amines) is 1. The summed E-state index contributed by atoms with van der Waals surface area (Å²) in [6.45, 7) is 2.64. The van der Waals surface area contributed by atoms with Crippen LogP contribution in [0, 0.1) is 0 Å². The second kappa shape index (κ2) is 7.84. The number of aliphatic hydroxyl groups is 1. The Morgan fingerprint density at radius 2 is 2.08 bits per heavy atom. The fourth-order valence-corrected chi connectivity index (χ4v) is 3.46. The summed E-state index contributed by atoms with van der Waals surface area (Å²) in [5.41, 5.74) is 0.737. The summed E-state index contributed by atoms with van der Waals surface area (Å²) in [4.78, 5) is 30.3. The van der Waals surface area contributed by atoms with Gasteiger partial charge in [-0.1, -0.05) is 12.1 Å². The Morgan fingerprint density at radius 3 is 2.80 bits per heavy atom. The quantitative estimate of drug-likeness (QED) is 0.850. The molecule has 7 heteroatoms. The van der Waals surface area contributed by atoms with Gasteiger partial charge in [-0.15, -0.1) is 0 Å². The minimum absolute atomic E-state index is 0.0536. The minimum Gasteiger partial charge on any atom is -0.495 e. The lowest BCUT2D eigenvalue weighted by molar-refractivity contribution is -0.138. The molecule has 136 valence electrons. The molecule has 2 aliphatic rings. The number of ether oxygens (including phenoxy) is 1. The number of methoxy groups -OCH3 is 1. The minimum atomic E-state index is -0.356. The summed E-state index contributed by atoms with van der Waals surface area (Å²) in [5.74, 6) is 0.489. The van der Waals surface area contributed by atoms with Crippen LogP contribution in [0.25, 0.3) is 0 Å². The fraction of sp³-hybridized carbons (Fsp3) is 0.556. The van der Waals surface area contributed by atoms with Crippen LogP contribution in [-0.2, 0) is 9.59 Å². The van der Waals surface area contributed by atoms with Crippen molar-refractivity contribution in [1.82, 2.24) is 9.80 Å².